The summed E-state index contributed by atoms with van der Waals surface area (Å²) in [6.45, 7) is 3.39. The second kappa shape index (κ2) is 9.86. The van der Waals surface area contributed by atoms with Crippen LogP contribution in [0.2, 0.25) is 0 Å². The molecule has 0 rings (SSSR count). The molecule has 0 radical (unpaired) electrons. The zero-order chi connectivity index (χ0) is 14.0. The summed E-state index contributed by atoms with van der Waals surface area (Å²) in [7, 11) is 7.92. The minimum atomic E-state index is 0.115. The van der Waals surface area contributed by atoms with Gasteiger partial charge >= 0.3 is 0 Å². The number of rotatable bonds is 9. The highest BCUT2D eigenvalue weighted by atomic mass is 16.2. The van der Waals surface area contributed by atoms with Gasteiger partial charge in [-0.15, -0.1) is 0 Å². The second-order valence-electron chi connectivity index (χ2n) is 4.93. The molecule has 0 saturated heterocycles. The molecule has 0 unspecified atom stereocenters. The van der Waals surface area contributed by atoms with Gasteiger partial charge in [0.1, 0.15) is 0 Å². The van der Waals surface area contributed by atoms with Crippen LogP contribution in [0.15, 0.2) is 0 Å². The van der Waals surface area contributed by atoms with Crippen molar-refractivity contribution in [3.8, 4) is 6.07 Å². The van der Waals surface area contributed by atoms with Crippen LogP contribution in [-0.2, 0) is 4.79 Å². The molecule has 0 aromatic heterocycles. The minimum Gasteiger partial charge on any atom is -0.345 e. The number of hydrogen-bond acceptors (Lipinski definition) is 4. The Morgan fingerprint density at radius 2 is 1.72 bits per heavy atom. The van der Waals surface area contributed by atoms with Crippen LogP contribution < -0.4 is 0 Å². The van der Waals surface area contributed by atoms with Crippen molar-refractivity contribution in [1.29, 1.82) is 5.26 Å². The third-order valence-electron chi connectivity index (χ3n) is 2.84. The Bertz CT molecular complexity index is 273. The third kappa shape index (κ3) is 8.97. The molecule has 0 aliphatic rings. The topological polar surface area (TPSA) is 50.6 Å². The molecular formula is C13H26N4O. The molecule has 0 fully saturated rings. The zero-order valence-electron chi connectivity index (χ0n) is 12.1. The summed E-state index contributed by atoms with van der Waals surface area (Å²) in [4.78, 5) is 17.7. The van der Waals surface area contributed by atoms with Crippen LogP contribution in [0, 0.1) is 11.3 Å². The van der Waals surface area contributed by atoms with Gasteiger partial charge in [-0.05, 0) is 40.7 Å². The van der Waals surface area contributed by atoms with Crippen LogP contribution in [-0.4, -0.2) is 75.0 Å². The van der Waals surface area contributed by atoms with E-state index >= 15 is 0 Å². The molecule has 0 bridgehead atoms. The predicted octanol–water partition coefficient (Wildman–Crippen LogP) is 0.632. The Morgan fingerprint density at radius 1 is 1.06 bits per heavy atom. The predicted molar refractivity (Wildman–Crippen MR) is 73.2 cm³/mol. The lowest BCUT2D eigenvalue weighted by Gasteiger charge is -2.20. The van der Waals surface area contributed by atoms with E-state index in [0.717, 1.165) is 26.1 Å². The maximum absolute atomic E-state index is 11.7. The van der Waals surface area contributed by atoms with Gasteiger partial charge < -0.3 is 14.7 Å². The summed E-state index contributed by atoms with van der Waals surface area (Å²) in [6.07, 6.45) is 2.04. The van der Waals surface area contributed by atoms with Crippen molar-refractivity contribution in [3.05, 3.63) is 0 Å². The molecule has 18 heavy (non-hydrogen) atoms. The molecule has 5 nitrogen and oxygen atoms in total. The summed E-state index contributed by atoms with van der Waals surface area (Å²) < 4.78 is 0. The molecule has 0 N–H and O–H groups in total. The van der Waals surface area contributed by atoms with E-state index in [1.807, 2.05) is 13.1 Å². The Hall–Kier alpha value is -1.12. The SMILES string of the molecule is CN(C)CCCN(C)CCC(=O)N(C)CCC#N. The average Bonchev–Trinajstić information content (AvgIpc) is 2.32. The molecule has 0 aliphatic carbocycles. The van der Waals surface area contributed by atoms with E-state index in [4.69, 9.17) is 5.26 Å². The van der Waals surface area contributed by atoms with Crippen molar-refractivity contribution < 1.29 is 4.79 Å². The molecule has 0 aromatic carbocycles. The Labute approximate surface area is 111 Å². The zero-order valence-corrected chi connectivity index (χ0v) is 12.1. The fourth-order valence-electron chi connectivity index (χ4n) is 1.59. The molecule has 0 aliphatic heterocycles. The van der Waals surface area contributed by atoms with Crippen molar-refractivity contribution in [2.24, 2.45) is 0 Å². The first-order valence-electron chi connectivity index (χ1n) is 6.41. The first kappa shape index (κ1) is 16.9. The molecule has 0 spiro atoms. The summed E-state index contributed by atoms with van der Waals surface area (Å²) in [5.41, 5.74) is 0. The second-order valence-corrected chi connectivity index (χ2v) is 4.93. The molecular weight excluding hydrogens is 228 g/mol. The van der Waals surface area contributed by atoms with Crippen molar-refractivity contribution in [1.82, 2.24) is 14.7 Å². The number of amides is 1. The number of carbonyl (C=O) groups is 1. The molecule has 1 amide bonds. The third-order valence-corrected chi connectivity index (χ3v) is 2.84. The summed E-state index contributed by atoms with van der Waals surface area (Å²) in [6, 6.07) is 2.05. The van der Waals surface area contributed by atoms with Gasteiger partial charge in [-0.1, -0.05) is 0 Å². The molecule has 0 heterocycles. The Kier molecular flexibility index (Phi) is 9.25. The van der Waals surface area contributed by atoms with Gasteiger partial charge in [0, 0.05) is 26.6 Å². The fraction of sp³-hybridized carbons (Fsp3) is 0.846. The minimum absolute atomic E-state index is 0.115. The van der Waals surface area contributed by atoms with Gasteiger partial charge in [-0.3, -0.25) is 4.79 Å². The van der Waals surface area contributed by atoms with Gasteiger partial charge in [0.15, 0.2) is 0 Å². The quantitative estimate of drug-likeness (QED) is 0.605. The highest BCUT2D eigenvalue weighted by Gasteiger charge is 2.09. The van der Waals surface area contributed by atoms with Crippen molar-refractivity contribution in [3.63, 3.8) is 0 Å². The molecule has 0 aromatic rings. The standard InChI is InChI=1S/C13H26N4O/c1-15(2)9-6-10-16(3)12-7-13(18)17(4)11-5-8-14/h5-7,9-12H2,1-4H3. The Morgan fingerprint density at radius 3 is 2.28 bits per heavy atom. The van der Waals surface area contributed by atoms with Crippen molar-refractivity contribution in [2.45, 2.75) is 19.3 Å². The van der Waals surface area contributed by atoms with Gasteiger partial charge in [-0.25, -0.2) is 0 Å². The molecule has 5 heteroatoms. The number of carbonyl (C=O) groups excluding carboxylic acids is 1. The van der Waals surface area contributed by atoms with E-state index in [2.05, 4.69) is 23.9 Å². The number of hydrogen-bond donors (Lipinski definition) is 0. The lowest BCUT2D eigenvalue weighted by atomic mass is 10.3. The van der Waals surface area contributed by atoms with E-state index in [0.29, 0.717) is 19.4 Å². The van der Waals surface area contributed by atoms with Gasteiger partial charge in [-0.2, -0.15) is 5.26 Å². The fourth-order valence-corrected chi connectivity index (χ4v) is 1.59. The lowest BCUT2D eigenvalue weighted by molar-refractivity contribution is -0.130. The Balaban J connectivity index is 3.67. The molecule has 104 valence electrons. The average molecular weight is 254 g/mol. The highest BCUT2D eigenvalue weighted by Crippen LogP contribution is 1.96. The highest BCUT2D eigenvalue weighted by molar-refractivity contribution is 5.76. The smallest absolute Gasteiger partial charge is 0.223 e. The van der Waals surface area contributed by atoms with Crippen molar-refractivity contribution in [2.75, 3.05) is 54.4 Å². The normalized spacial score (nSPS) is 10.7. The number of nitrogens with zero attached hydrogens (tertiary/aromatic N) is 4. The molecule has 0 saturated carbocycles. The van der Waals surface area contributed by atoms with Crippen LogP contribution in [0.5, 0.6) is 0 Å². The van der Waals surface area contributed by atoms with Crippen LogP contribution in [0.25, 0.3) is 0 Å². The maximum atomic E-state index is 11.7. The number of nitriles is 1. The molecule has 0 atom stereocenters. The van der Waals surface area contributed by atoms with Crippen molar-refractivity contribution >= 4 is 5.91 Å². The van der Waals surface area contributed by atoms with Crippen LogP contribution in [0.4, 0.5) is 0 Å². The maximum Gasteiger partial charge on any atom is 0.223 e. The van der Waals surface area contributed by atoms with Gasteiger partial charge in [0.25, 0.3) is 0 Å². The summed E-state index contributed by atoms with van der Waals surface area (Å²) in [5, 5.41) is 8.46. The van der Waals surface area contributed by atoms with Crippen LogP contribution in [0.3, 0.4) is 0 Å². The summed E-state index contributed by atoms with van der Waals surface area (Å²) in [5.74, 6) is 0.115. The van der Waals surface area contributed by atoms with E-state index in [-0.39, 0.29) is 5.91 Å². The summed E-state index contributed by atoms with van der Waals surface area (Å²) >= 11 is 0. The van der Waals surface area contributed by atoms with E-state index in [9.17, 15) is 4.79 Å². The van der Waals surface area contributed by atoms with Crippen LogP contribution in [0.1, 0.15) is 19.3 Å². The first-order valence-corrected chi connectivity index (χ1v) is 6.41. The lowest BCUT2D eigenvalue weighted by Crippen LogP contribution is -2.32. The van der Waals surface area contributed by atoms with Crippen LogP contribution >= 0.6 is 0 Å². The monoisotopic (exact) mass is 254 g/mol. The van der Waals surface area contributed by atoms with E-state index < -0.39 is 0 Å². The van der Waals surface area contributed by atoms with E-state index in [1.54, 1.807) is 11.9 Å². The largest absolute Gasteiger partial charge is 0.345 e. The first-order chi connectivity index (χ1) is 8.47. The van der Waals surface area contributed by atoms with Gasteiger partial charge in [0.2, 0.25) is 5.91 Å². The van der Waals surface area contributed by atoms with E-state index in [1.165, 1.54) is 0 Å². The van der Waals surface area contributed by atoms with Gasteiger partial charge in [0.05, 0.1) is 12.5 Å².